The fraction of sp³-hybridized carbons (Fsp3) is 0.188. The van der Waals surface area contributed by atoms with Gasteiger partial charge in [-0.25, -0.2) is 9.67 Å². The summed E-state index contributed by atoms with van der Waals surface area (Å²) in [7, 11) is 0. The van der Waals surface area contributed by atoms with Crippen LogP contribution < -0.4 is 10.1 Å². The summed E-state index contributed by atoms with van der Waals surface area (Å²) in [5.41, 5.74) is 0.928. The Bertz CT molecular complexity index is 797. The molecule has 3 aromatic rings. The van der Waals surface area contributed by atoms with Crippen LogP contribution in [-0.4, -0.2) is 26.8 Å². The second kappa shape index (κ2) is 6.62. The monoisotopic (exact) mass is 328 g/mol. The fourth-order valence-corrected chi connectivity index (χ4v) is 2.62. The summed E-state index contributed by atoms with van der Waals surface area (Å²) in [6.45, 7) is 3.61. The number of hydrogen-bond acceptors (Lipinski definition) is 5. The number of nitrogens with one attached hydrogen (secondary N) is 1. The third-order valence-corrected chi connectivity index (χ3v) is 3.93. The normalized spacial score (nSPS) is 11.9. The molecule has 0 aliphatic heterocycles. The number of ether oxygens (including phenoxy) is 1. The quantitative estimate of drug-likeness (QED) is 0.781. The smallest absolute Gasteiger partial charge is 0.266 e. The predicted molar refractivity (Wildman–Crippen MR) is 89.1 cm³/mol. The number of benzene rings is 1. The van der Waals surface area contributed by atoms with Gasteiger partial charge in [-0.05, 0) is 26.0 Å². The van der Waals surface area contributed by atoms with Gasteiger partial charge in [0.2, 0.25) is 5.88 Å². The molecule has 1 atom stereocenters. The topological polar surface area (TPSA) is 69.0 Å². The Morgan fingerprint density at radius 1 is 1.30 bits per heavy atom. The number of amides is 1. The second-order valence-corrected chi connectivity index (χ2v) is 6.19. The highest BCUT2D eigenvalue weighted by atomic mass is 32.1. The molecule has 0 saturated carbocycles. The molecular weight excluding hydrogens is 312 g/mol. The van der Waals surface area contributed by atoms with Crippen molar-refractivity contribution < 1.29 is 9.53 Å². The van der Waals surface area contributed by atoms with Crippen LogP contribution in [0.15, 0.2) is 48.8 Å². The lowest BCUT2D eigenvalue weighted by atomic mass is 10.3. The second-order valence-electron chi connectivity index (χ2n) is 4.96. The third kappa shape index (κ3) is 3.75. The lowest BCUT2D eigenvalue weighted by Gasteiger charge is -2.11. The van der Waals surface area contributed by atoms with Crippen molar-refractivity contribution in [2.75, 3.05) is 5.32 Å². The van der Waals surface area contributed by atoms with Gasteiger partial charge in [-0.2, -0.15) is 0 Å². The molecule has 2 aromatic heterocycles. The van der Waals surface area contributed by atoms with Gasteiger partial charge >= 0.3 is 0 Å². The number of carbonyl (C=O) groups is 1. The van der Waals surface area contributed by atoms with E-state index >= 15 is 0 Å². The van der Waals surface area contributed by atoms with E-state index in [0.717, 1.165) is 10.6 Å². The summed E-state index contributed by atoms with van der Waals surface area (Å²) in [6, 6.07) is 11.4. The van der Waals surface area contributed by atoms with Crippen LogP contribution in [0.4, 0.5) is 5.13 Å². The van der Waals surface area contributed by atoms with E-state index in [2.05, 4.69) is 15.4 Å². The molecule has 3 rings (SSSR count). The van der Waals surface area contributed by atoms with Gasteiger partial charge in [0.15, 0.2) is 11.2 Å². The SMILES string of the molecule is Cc1cnc(NC(=O)C(C)Oc2ccn(-c3ccccc3)n2)s1. The summed E-state index contributed by atoms with van der Waals surface area (Å²) in [6.07, 6.45) is 2.84. The molecular formula is C16H16N4O2S. The van der Waals surface area contributed by atoms with Crippen LogP contribution >= 0.6 is 11.3 Å². The van der Waals surface area contributed by atoms with Crippen molar-refractivity contribution in [3.05, 3.63) is 53.7 Å². The molecule has 0 saturated heterocycles. The molecule has 2 heterocycles. The maximum absolute atomic E-state index is 12.1. The molecule has 23 heavy (non-hydrogen) atoms. The molecule has 1 amide bonds. The van der Waals surface area contributed by atoms with Crippen molar-refractivity contribution in [3.63, 3.8) is 0 Å². The Hall–Kier alpha value is -2.67. The van der Waals surface area contributed by atoms with Crippen LogP contribution in [-0.2, 0) is 4.79 Å². The van der Waals surface area contributed by atoms with Gasteiger partial charge in [0.1, 0.15) is 0 Å². The standard InChI is InChI=1S/C16H16N4O2S/c1-11-10-17-16(23-11)18-15(21)12(2)22-14-8-9-20(19-14)13-6-4-3-5-7-13/h3-10,12H,1-2H3,(H,17,18,21). The minimum Gasteiger partial charge on any atom is -0.463 e. The largest absolute Gasteiger partial charge is 0.463 e. The van der Waals surface area contributed by atoms with Crippen molar-refractivity contribution >= 4 is 22.4 Å². The highest BCUT2D eigenvalue weighted by Crippen LogP contribution is 2.18. The van der Waals surface area contributed by atoms with Gasteiger partial charge in [-0.1, -0.05) is 18.2 Å². The van der Waals surface area contributed by atoms with Gasteiger partial charge in [-0.15, -0.1) is 16.4 Å². The number of thiazole rings is 1. The molecule has 0 fully saturated rings. The van der Waals surface area contributed by atoms with Crippen LogP contribution in [0.1, 0.15) is 11.8 Å². The molecule has 0 radical (unpaired) electrons. The Morgan fingerprint density at radius 2 is 2.09 bits per heavy atom. The summed E-state index contributed by atoms with van der Waals surface area (Å²) < 4.78 is 7.29. The lowest BCUT2D eigenvalue weighted by molar-refractivity contribution is -0.122. The molecule has 0 aliphatic rings. The number of rotatable bonds is 5. The van der Waals surface area contributed by atoms with E-state index in [1.54, 1.807) is 30.1 Å². The van der Waals surface area contributed by atoms with E-state index in [9.17, 15) is 4.79 Å². The number of hydrogen-bond donors (Lipinski definition) is 1. The maximum Gasteiger partial charge on any atom is 0.266 e. The fourth-order valence-electron chi connectivity index (χ4n) is 1.95. The zero-order valence-corrected chi connectivity index (χ0v) is 13.6. The van der Waals surface area contributed by atoms with Crippen molar-refractivity contribution in [1.82, 2.24) is 14.8 Å². The number of anilines is 1. The lowest BCUT2D eigenvalue weighted by Crippen LogP contribution is -2.30. The van der Waals surface area contributed by atoms with Crippen molar-refractivity contribution in [3.8, 4) is 11.6 Å². The van der Waals surface area contributed by atoms with Crippen molar-refractivity contribution in [2.45, 2.75) is 20.0 Å². The zero-order valence-electron chi connectivity index (χ0n) is 12.8. The van der Waals surface area contributed by atoms with E-state index in [-0.39, 0.29) is 5.91 Å². The van der Waals surface area contributed by atoms with E-state index in [1.807, 2.05) is 37.3 Å². The van der Waals surface area contributed by atoms with Crippen LogP contribution in [0.3, 0.4) is 0 Å². The van der Waals surface area contributed by atoms with Gasteiger partial charge in [0.25, 0.3) is 5.91 Å². The molecule has 1 unspecified atom stereocenters. The van der Waals surface area contributed by atoms with Gasteiger partial charge < -0.3 is 4.74 Å². The van der Waals surface area contributed by atoms with E-state index in [0.29, 0.717) is 11.0 Å². The minimum atomic E-state index is -0.668. The van der Waals surface area contributed by atoms with Crippen molar-refractivity contribution in [1.29, 1.82) is 0 Å². The van der Waals surface area contributed by atoms with Crippen LogP contribution in [0.5, 0.6) is 5.88 Å². The van der Waals surface area contributed by atoms with Gasteiger partial charge in [0, 0.05) is 23.3 Å². The highest BCUT2D eigenvalue weighted by Gasteiger charge is 2.17. The maximum atomic E-state index is 12.1. The first-order valence-corrected chi connectivity index (χ1v) is 7.94. The predicted octanol–water partition coefficient (Wildman–Crippen LogP) is 3.04. The number of aryl methyl sites for hydroxylation is 1. The Labute approximate surface area is 137 Å². The van der Waals surface area contributed by atoms with E-state index in [1.165, 1.54) is 11.3 Å². The number of carbonyl (C=O) groups excluding carboxylic acids is 1. The van der Waals surface area contributed by atoms with E-state index < -0.39 is 6.10 Å². The highest BCUT2D eigenvalue weighted by molar-refractivity contribution is 7.15. The number of aromatic nitrogens is 3. The Morgan fingerprint density at radius 3 is 2.78 bits per heavy atom. The molecule has 7 heteroatoms. The third-order valence-electron chi connectivity index (χ3n) is 3.10. The van der Waals surface area contributed by atoms with Gasteiger partial charge in [0.05, 0.1) is 5.69 Å². The molecule has 1 N–H and O–H groups in total. The number of para-hydroxylation sites is 1. The number of nitrogens with zero attached hydrogens (tertiary/aromatic N) is 3. The molecule has 0 aliphatic carbocycles. The first-order chi connectivity index (χ1) is 11.1. The summed E-state index contributed by atoms with van der Waals surface area (Å²) in [5.74, 6) is 0.139. The molecule has 1 aromatic carbocycles. The molecule has 0 spiro atoms. The average Bonchev–Trinajstić information content (AvgIpc) is 3.17. The summed E-state index contributed by atoms with van der Waals surface area (Å²) in [4.78, 5) is 17.2. The Kier molecular flexibility index (Phi) is 4.38. The minimum absolute atomic E-state index is 0.256. The molecule has 6 nitrogen and oxygen atoms in total. The van der Waals surface area contributed by atoms with Gasteiger partial charge in [-0.3, -0.25) is 10.1 Å². The van der Waals surface area contributed by atoms with Crippen LogP contribution in [0, 0.1) is 6.92 Å². The van der Waals surface area contributed by atoms with Crippen LogP contribution in [0.25, 0.3) is 5.69 Å². The molecule has 118 valence electrons. The summed E-state index contributed by atoms with van der Waals surface area (Å²) >= 11 is 1.42. The average molecular weight is 328 g/mol. The Balaban J connectivity index is 1.62. The summed E-state index contributed by atoms with van der Waals surface area (Å²) in [5, 5.41) is 7.61. The van der Waals surface area contributed by atoms with Crippen LogP contribution in [0.2, 0.25) is 0 Å². The first kappa shape index (κ1) is 15.2. The first-order valence-electron chi connectivity index (χ1n) is 7.13. The molecule has 0 bridgehead atoms. The van der Waals surface area contributed by atoms with E-state index in [4.69, 9.17) is 4.74 Å². The zero-order chi connectivity index (χ0) is 16.2. The van der Waals surface area contributed by atoms with Crippen molar-refractivity contribution in [2.24, 2.45) is 0 Å².